The molecule has 0 aliphatic carbocycles. The first-order chi connectivity index (χ1) is 11.7. The highest BCUT2D eigenvalue weighted by atomic mass is 16.5. The summed E-state index contributed by atoms with van der Waals surface area (Å²) in [6.45, 7) is 4.21. The van der Waals surface area contributed by atoms with Crippen molar-refractivity contribution in [2.45, 2.75) is 38.9 Å². The van der Waals surface area contributed by atoms with Crippen LogP contribution < -0.4 is 15.4 Å². The summed E-state index contributed by atoms with van der Waals surface area (Å²) < 4.78 is 7.42. The first-order valence-corrected chi connectivity index (χ1v) is 8.33. The minimum Gasteiger partial charge on any atom is -0.484 e. The van der Waals surface area contributed by atoms with E-state index in [-0.39, 0.29) is 12.5 Å². The summed E-state index contributed by atoms with van der Waals surface area (Å²) in [4.78, 5) is 15.6. The highest BCUT2D eigenvalue weighted by Crippen LogP contribution is 2.14. The van der Waals surface area contributed by atoms with E-state index in [4.69, 9.17) is 4.74 Å². The fourth-order valence-electron chi connectivity index (χ4n) is 2.77. The maximum atomic E-state index is 11.4. The van der Waals surface area contributed by atoms with Gasteiger partial charge in [-0.2, -0.15) is 5.10 Å². The Morgan fingerprint density at radius 1 is 1.38 bits per heavy atom. The van der Waals surface area contributed by atoms with E-state index >= 15 is 0 Å². The van der Waals surface area contributed by atoms with Gasteiger partial charge in [0.2, 0.25) is 0 Å². The fourth-order valence-corrected chi connectivity index (χ4v) is 2.77. The maximum absolute atomic E-state index is 11.4. The first-order valence-electron chi connectivity index (χ1n) is 8.33. The Labute approximate surface area is 141 Å². The van der Waals surface area contributed by atoms with Gasteiger partial charge >= 0.3 is 0 Å². The minimum absolute atomic E-state index is 0.0494. The molecule has 0 fully saturated rings. The van der Waals surface area contributed by atoms with Crippen LogP contribution in [0.25, 0.3) is 0 Å². The van der Waals surface area contributed by atoms with E-state index in [2.05, 4.69) is 20.7 Å². The molecule has 7 nitrogen and oxygen atoms in total. The number of aryl methyl sites for hydroxylation is 1. The maximum Gasteiger partial charge on any atom is 0.257 e. The molecule has 2 N–H and O–H groups in total. The number of likely N-dealkylation sites (N-methyl/N-ethyl adjacent to an activating group) is 1. The van der Waals surface area contributed by atoms with Gasteiger partial charge < -0.3 is 15.4 Å². The van der Waals surface area contributed by atoms with Crippen molar-refractivity contribution in [2.75, 3.05) is 13.2 Å². The molecule has 1 aliphatic rings. The number of hydrogen-bond acceptors (Lipinski definition) is 5. The molecule has 3 rings (SSSR count). The van der Waals surface area contributed by atoms with Gasteiger partial charge in [-0.25, -0.2) is 9.67 Å². The Balaban J connectivity index is 1.44. The lowest BCUT2D eigenvalue weighted by molar-refractivity contribution is -0.122. The molecule has 24 heavy (non-hydrogen) atoms. The predicted octanol–water partition coefficient (Wildman–Crippen LogP) is 0.898. The molecular formula is C17H23N5O2. The molecule has 0 saturated heterocycles. The Morgan fingerprint density at radius 3 is 3.00 bits per heavy atom. The Morgan fingerprint density at radius 2 is 2.21 bits per heavy atom. The Bertz CT molecular complexity index is 668. The van der Waals surface area contributed by atoms with Gasteiger partial charge in [0.25, 0.3) is 5.91 Å². The van der Waals surface area contributed by atoms with Gasteiger partial charge in [-0.1, -0.05) is 12.1 Å². The van der Waals surface area contributed by atoms with E-state index in [9.17, 15) is 4.79 Å². The second kappa shape index (κ2) is 7.92. The topological polar surface area (TPSA) is 81.1 Å². The number of amides is 1. The van der Waals surface area contributed by atoms with Gasteiger partial charge in [-0.05, 0) is 31.0 Å². The molecule has 0 unspecified atom stereocenters. The number of fused-ring (bicyclic) bond motifs is 1. The van der Waals surface area contributed by atoms with E-state index in [1.54, 1.807) is 6.33 Å². The molecule has 7 heteroatoms. The van der Waals surface area contributed by atoms with Crippen molar-refractivity contribution in [3.05, 3.63) is 42.0 Å². The highest BCUT2D eigenvalue weighted by Gasteiger charge is 2.18. The summed E-state index contributed by atoms with van der Waals surface area (Å²) in [5.41, 5.74) is 1.18. The summed E-state index contributed by atoms with van der Waals surface area (Å²) in [7, 11) is 0. The average molecular weight is 329 g/mol. The van der Waals surface area contributed by atoms with Crippen molar-refractivity contribution < 1.29 is 9.53 Å². The Kier molecular flexibility index (Phi) is 5.43. The van der Waals surface area contributed by atoms with Crippen LogP contribution in [-0.2, 0) is 24.3 Å². The summed E-state index contributed by atoms with van der Waals surface area (Å²) >= 11 is 0. The van der Waals surface area contributed by atoms with Gasteiger partial charge in [0, 0.05) is 25.6 Å². The van der Waals surface area contributed by atoms with E-state index < -0.39 is 0 Å². The van der Waals surface area contributed by atoms with E-state index in [1.807, 2.05) is 35.9 Å². The predicted molar refractivity (Wildman–Crippen MR) is 89.6 cm³/mol. The zero-order valence-corrected chi connectivity index (χ0v) is 13.9. The van der Waals surface area contributed by atoms with Crippen LogP contribution >= 0.6 is 0 Å². The summed E-state index contributed by atoms with van der Waals surface area (Å²) in [5, 5.41) is 10.5. The number of hydrogen-bond donors (Lipinski definition) is 2. The van der Waals surface area contributed by atoms with Crippen LogP contribution in [0.3, 0.4) is 0 Å². The number of carbonyl (C=O) groups excluding carboxylic acids is 1. The summed E-state index contributed by atoms with van der Waals surface area (Å²) in [6, 6.07) is 8.24. The number of aromatic nitrogens is 3. The quantitative estimate of drug-likeness (QED) is 0.789. The number of benzene rings is 1. The molecule has 0 saturated carbocycles. The Hall–Kier alpha value is -2.41. The van der Waals surface area contributed by atoms with Crippen LogP contribution in [0.1, 0.15) is 24.7 Å². The molecule has 2 aromatic rings. The molecule has 1 aliphatic heterocycles. The normalized spacial score (nSPS) is 16.5. The molecule has 1 atom stereocenters. The average Bonchev–Trinajstić information content (AvgIpc) is 3.07. The lowest BCUT2D eigenvalue weighted by Gasteiger charge is -2.23. The third kappa shape index (κ3) is 4.32. The molecule has 0 radical (unpaired) electrons. The second-order valence-corrected chi connectivity index (χ2v) is 5.86. The molecule has 0 bridgehead atoms. The molecule has 1 amide bonds. The molecule has 2 heterocycles. The van der Waals surface area contributed by atoms with Gasteiger partial charge in [-0.3, -0.25) is 4.79 Å². The van der Waals surface area contributed by atoms with Crippen LogP contribution in [0.5, 0.6) is 5.75 Å². The third-order valence-electron chi connectivity index (χ3n) is 4.07. The van der Waals surface area contributed by atoms with E-state index in [0.717, 1.165) is 31.8 Å². The second-order valence-electron chi connectivity index (χ2n) is 5.86. The number of nitrogens with one attached hydrogen (secondary N) is 2. The van der Waals surface area contributed by atoms with Crippen LogP contribution in [-0.4, -0.2) is 39.9 Å². The zero-order chi connectivity index (χ0) is 16.8. The molecule has 128 valence electrons. The molecule has 1 aromatic heterocycles. The van der Waals surface area contributed by atoms with E-state index in [0.29, 0.717) is 18.3 Å². The van der Waals surface area contributed by atoms with Crippen LogP contribution in [0, 0.1) is 0 Å². The van der Waals surface area contributed by atoms with Crippen molar-refractivity contribution in [2.24, 2.45) is 0 Å². The smallest absolute Gasteiger partial charge is 0.257 e. The summed E-state index contributed by atoms with van der Waals surface area (Å²) in [5.74, 6) is 1.67. The van der Waals surface area contributed by atoms with Crippen molar-refractivity contribution in [3.8, 4) is 5.75 Å². The van der Waals surface area contributed by atoms with Gasteiger partial charge in [0.05, 0.1) is 6.54 Å². The number of ether oxygens (including phenoxy) is 1. The van der Waals surface area contributed by atoms with Gasteiger partial charge in [-0.15, -0.1) is 0 Å². The highest BCUT2D eigenvalue weighted by molar-refractivity contribution is 5.77. The van der Waals surface area contributed by atoms with Crippen LogP contribution in [0.4, 0.5) is 0 Å². The van der Waals surface area contributed by atoms with Gasteiger partial charge in [0.15, 0.2) is 6.61 Å². The van der Waals surface area contributed by atoms with Crippen molar-refractivity contribution in [1.29, 1.82) is 0 Å². The van der Waals surface area contributed by atoms with E-state index in [1.165, 1.54) is 5.56 Å². The van der Waals surface area contributed by atoms with Gasteiger partial charge in [0.1, 0.15) is 17.9 Å². The standard InChI is InChI=1S/C17H23N5O2/c1-2-18-17(23)11-24-15-6-3-13(4-7-15)9-19-14-5-8-16-20-12-21-22(16)10-14/h3-4,6-7,12,14,19H,2,5,8-11H2,1H3,(H,18,23)/t14-/m1/s1. The van der Waals surface area contributed by atoms with Crippen molar-refractivity contribution in [1.82, 2.24) is 25.4 Å². The fraction of sp³-hybridized carbons (Fsp3) is 0.471. The largest absolute Gasteiger partial charge is 0.484 e. The first kappa shape index (κ1) is 16.4. The van der Waals surface area contributed by atoms with Crippen molar-refractivity contribution in [3.63, 3.8) is 0 Å². The molecular weight excluding hydrogens is 306 g/mol. The molecule has 0 spiro atoms. The number of rotatable bonds is 7. The monoisotopic (exact) mass is 329 g/mol. The SMILES string of the molecule is CCNC(=O)COc1ccc(CN[C@@H]2CCc3ncnn3C2)cc1. The van der Waals surface area contributed by atoms with Crippen LogP contribution in [0.15, 0.2) is 30.6 Å². The lowest BCUT2D eigenvalue weighted by Crippen LogP contribution is -2.37. The zero-order valence-electron chi connectivity index (χ0n) is 13.9. The molecule has 1 aromatic carbocycles. The van der Waals surface area contributed by atoms with Crippen molar-refractivity contribution >= 4 is 5.91 Å². The summed E-state index contributed by atoms with van der Waals surface area (Å²) in [6.07, 6.45) is 3.66. The third-order valence-corrected chi connectivity index (χ3v) is 4.07. The minimum atomic E-state index is -0.104. The van der Waals surface area contributed by atoms with Crippen LogP contribution in [0.2, 0.25) is 0 Å². The number of nitrogens with zero attached hydrogens (tertiary/aromatic N) is 3. The lowest BCUT2D eigenvalue weighted by atomic mass is 10.1. The number of carbonyl (C=O) groups is 1.